The van der Waals surface area contributed by atoms with Crippen molar-refractivity contribution in [3.63, 3.8) is 0 Å². The van der Waals surface area contributed by atoms with Crippen LogP contribution < -0.4 is 10.6 Å². The second-order valence-corrected chi connectivity index (χ2v) is 6.55. The van der Waals surface area contributed by atoms with Crippen molar-refractivity contribution in [1.82, 2.24) is 5.32 Å². The summed E-state index contributed by atoms with van der Waals surface area (Å²) in [5.41, 5.74) is -0.427. The van der Waals surface area contributed by atoms with Crippen LogP contribution in [0.3, 0.4) is 0 Å². The van der Waals surface area contributed by atoms with E-state index >= 15 is 0 Å². The molecule has 1 atom stereocenters. The van der Waals surface area contributed by atoms with E-state index < -0.39 is 23.2 Å². The summed E-state index contributed by atoms with van der Waals surface area (Å²) in [6, 6.07) is 4.30. The Kier molecular flexibility index (Phi) is 6.69. The van der Waals surface area contributed by atoms with Gasteiger partial charge < -0.3 is 15.7 Å². The predicted octanol–water partition coefficient (Wildman–Crippen LogP) is 2.38. The summed E-state index contributed by atoms with van der Waals surface area (Å²) in [5.74, 6) is -2.04. The van der Waals surface area contributed by atoms with Crippen molar-refractivity contribution in [3.8, 4) is 0 Å². The van der Waals surface area contributed by atoms with E-state index in [0.29, 0.717) is 17.9 Å². The van der Waals surface area contributed by atoms with Crippen LogP contribution in [-0.2, 0) is 9.59 Å². The summed E-state index contributed by atoms with van der Waals surface area (Å²) in [6.07, 6.45) is 1.32. The number of nitrogens with one attached hydrogen (secondary N) is 2. The Morgan fingerprint density at radius 3 is 2.52 bits per heavy atom. The molecule has 2 amide bonds. The monoisotopic (exact) mass is 324 g/mol. The van der Waals surface area contributed by atoms with Gasteiger partial charge in [0, 0.05) is 6.54 Å². The van der Waals surface area contributed by atoms with E-state index in [1.807, 2.05) is 13.8 Å². The molecule has 23 heavy (non-hydrogen) atoms. The highest BCUT2D eigenvalue weighted by Crippen LogP contribution is 2.16. The summed E-state index contributed by atoms with van der Waals surface area (Å²) in [5, 5.41) is 14.7. The Morgan fingerprint density at radius 2 is 1.96 bits per heavy atom. The SMILES string of the molecule is Cc1ccc(NC(=O)C(=O)NC[C@@](C)(O)CCC(C)C)c(F)c1. The van der Waals surface area contributed by atoms with Crippen LogP contribution in [0.4, 0.5) is 10.1 Å². The molecule has 0 bridgehead atoms. The molecule has 1 aromatic rings. The van der Waals surface area contributed by atoms with Gasteiger partial charge in [-0.2, -0.15) is 0 Å². The number of aliphatic hydroxyl groups is 1. The van der Waals surface area contributed by atoms with Crippen molar-refractivity contribution in [1.29, 1.82) is 0 Å². The molecule has 0 unspecified atom stereocenters. The lowest BCUT2D eigenvalue weighted by Gasteiger charge is -2.24. The molecule has 5 nitrogen and oxygen atoms in total. The first kappa shape index (κ1) is 19.1. The molecule has 0 heterocycles. The summed E-state index contributed by atoms with van der Waals surface area (Å²) in [4.78, 5) is 23.5. The molecule has 6 heteroatoms. The third kappa shape index (κ3) is 6.78. The maximum atomic E-state index is 13.6. The lowest BCUT2D eigenvalue weighted by molar-refractivity contribution is -0.136. The summed E-state index contributed by atoms with van der Waals surface area (Å²) in [6.45, 7) is 7.37. The zero-order valence-electron chi connectivity index (χ0n) is 14.1. The van der Waals surface area contributed by atoms with Gasteiger partial charge in [0.25, 0.3) is 0 Å². The van der Waals surface area contributed by atoms with Gasteiger partial charge in [0.15, 0.2) is 0 Å². The van der Waals surface area contributed by atoms with E-state index in [1.165, 1.54) is 12.1 Å². The molecule has 128 valence electrons. The minimum absolute atomic E-state index is 0.0393. The van der Waals surface area contributed by atoms with Crippen LogP contribution in [0.1, 0.15) is 39.2 Å². The highest BCUT2D eigenvalue weighted by atomic mass is 19.1. The fraction of sp³-hybridized carbons (Fsp3) is 0.529. The zero-order valence-corrected chi connectivity index (χ0v) is 14.1. The Bertz CT molecular complexity index is 571. The topological polar surface area (TPSA) is 78.4 Å². The number of aryl methyl sites for hydroxylation is 1. The number of carbonyl (C=O) groups excluding carboxylic acids is 2. The normalized spacial score (nSPS) is 13.5. The molecule has 0 spiro atoms. The standard InChI is InChI=1S/C17H25FN2O3/c1-11(2)7-8-17(4,23)10-19-15(21)16(22)20-14-6-5-12(3)9-13(14)18/h5-6,9,11,23H,7-8,10H2,1-4H3,(H,19,21)(H,20,22)/t17-/m0/s1. The molecular weight excluding hydrogens is 299 g/mol. The lowest BCUT2D eigenvalue weighted by atomic mass is 9.95. The summed E-state index contributed by atoms with van der Waals surface area (Å²) < 4.78 is 13.6. The zero-order chi connectivity index (χ0) is 17.6. The molecule has 0 fully saturated rings. The minimum atomic E-state index is -1.09. The van der Waals surface area contributed by atoms with Gasteiger partial charge in [-0.05, 0) is 50.3 Å². The van der Waals surface area contributed by atoms with Crippen molar-refractivity contribution in [2.24, 2.45) is 5.92 Å². The molecule has 0 aliphatic heterocycles. The Morgan fingerprint density at radius 1 is 1.30 bits per heavy atom. The number of halogens is 1. The van der Waals surface area contributed by atoms with Crippen LogP contribution in [0, 0.1) is 18.7 Å². The first-order valence-corrected chi connectivity index (χ1v) is 7.68. The average Bonchev–Trinajstić information content (AvgIpc) is 2.45. The highest BCUT2D eigenvalue weighted by molar-refractivity contribution is 6.39. The Labute approximate surface area is 136 Å². The first-order chi connectivity index (χ1) is 10.6. The summed E-state index contributed by atoms with van der Waals surface area (Å²) in [7, 11) is 0. The van der Waals surface area contributed by atoms with E-state index in [0.717, 1.165) is 6.42 Å². The minimum Gasteiger partial charge on any atom is -0.388 e. The number of carbonyl (C=O) groups is 2. The highest BCUT2D eigenvalue weighted by Gasteiger charge is 2.23. The first-order valence-electron chi connectivity index (χ1n) is 7.68. The fourth-order valence-electron chi connectivity index (χ4n) is 1.94. The van der Waals surface area contributed by atoms with Gasteiger partial charge in [-0.3, -0.25) is 9.59 Å². The molecule has 1 aromatic carbocycles. The lowest BCUT2D eigenvalue weighted by Crippen LogP contribution is -2.44. The molecule has 0 saturated heterocycles. The quantitative estimate of drug-likeness (QED) is 0.703. The fourth-order valence-corrected chi connectivity index (χ4v) is 1.94. The second-order valence-electron chi connectivity index (χ2n) is 6.55. The number of amides is 2. The largest absolute Gasteiger partial charge is 0.388 e. The maximum Gasteiger partial charge on any atom is 0.313 e. The van der Waals surface area contributed by atoms with E-state index in [1.54, 1.807) is 19.9 Å². The van der Waals surface area contributed by atoms with Crippen molar-refractivity contribution < 1.29 is 19.1 Å². The van der Waals surface area contributed by atoms with Gasteiger partial charge in [0.05, 0.1) is 11.3 Å². The van der Waals surface area contributed by atoms with E-state index in [-0.39, 0.29) is 12.2 Å². The number of hydrogen-bond donors (Lipinski definition) is 3. The van der Waals surface area contributed by atoms with Gasteiger partial charge in [0.2, 0.25) is 0 Å². The third-order valence-electron chi connectivity index (χ3n) is 3.47. The van der Waals surface area contributed by atoms with Crippen molar-refractivity contribution in [2.75, 3.05) is 11.9 Å². The van der Waals surface area contributed by atoms with E-state index in [2.05, 4.69) is 10.6 Å². The molecule has 0 aliphatic rings. The predicted molar refractivity (Wildman–Crippen MR) is 87.5 cm³/mol. The molecular formula is C17H25FN2O3. The second kappa shape index (κ2) is 8.06. The number of benzene rings is 1. The van der Waals surface area contributed by atoms with Crippen LogP contribution >= 0.6 is 0 Å². The van der Waals surface area contributed by atoms with Crippen molar-refractivity contribution in [2.45, 2.75) is 46.1 Å². The van der Waals surface area contributed by atoms with Gasteiger partial charge in [-0.1, -0.05) is 19.9 Å². The van der Waals surface area contributed by atoms with Crippen LogP contribution in [-0.4, -0.2) is 29.1 Å². The Hall–Kier alpha value is -1.95. The van der Waals surface area contributed by atoms with E-state index in [4.69, 9.17) is 0 Å². The Balaban J connectivity index is 2.52. The van der Waals surface area contributed by atoms with E-state index in [9.17, 15) is 19.1 Å². The summed E-state index contributed by atoms with van der Waals surface area (Å²) >= 11 is 0. The van der Waals surface area contributed by atoms with Gasteiger partial charge >= 0.3 is 11.8 Å². The van der Waals surface area contributed by atoms with Gasteiger partial charge in [-0.15, -0.1) is 0 Å². The molecule has 0 saturated carbocycles. The van der Waals surface area contributed by atoms with Crippen LogP contribution in [0.5, 0.6) is 0 Å². The van der Waals surface area contributed by atoms with Gasteiger partial charge in [-0.25, -0.2) is 4.39 Å². The molecule has 0 aromatic heterocycles. The smallest absolute Gasteiger partial charge is 0.313 e. The molecule has 1 rings (SSSR count). The van der Waals surface area contributed by atoms with Crippen LogP contribution in [0.2, 0.25) is 0 Å². The number of anilines is 1. The molecule has 3 N–H and O–H groups in total. The average molecular weight is 324 g/mol. The van der Waals surface area contributed by atoms with Gasteiger partial charge in [0.1, 0.15) is 5.82 Å². The third-order valence-corrected chi connectivity index (χ3v) is 3.47. The number of rotatable bonds is 6. The molecule has 0 aliphatic carbocycles. The molecule has 0 radical (unpaired) electrons. The number of hydrogen-bond acceptors (Lipinski definition) is 3. The van der Waals surface area contributed by atoms with Crippen LogP contribution in [0.25, 0.3) is 0 Å². The van der Waals surface area contributed by atoms with Crippen molar-refractivity contribution in [3.05, 3.63) is 29.6 Å². The van der Waals surface area contributed by atoms with Crippen molar-refractivity contribution >= 4 is 17.5 Å². The maximum absolute atomic E-state index is 13.6. The van der Waals surface area contributed by atoms with Crippen LogP contribution in [0.15, 0.2) is 18.2 Å².